The Labute approximate surface area is 134 Å². The first kappa shape index (κ1) is 15.5. The maximum Gasteiger partial charge on any atom is 0.239 e. The summed E-state index contributed by atoms with van der Waals surface area (Å²) in [5.41, 5.74) is 1.25. The highest BCUT2D eigenvalue weighted by molar-refractivity contribution is 5.88. The van der Waals surface area contributed by atoms with E-state index in [0.29, 0.717) is 11.3 Å². The summed E-state index contributed by atoms with van der Waals surface area (Å²) in [5, 5.41) is 10.4. The zero-order valence-electron chi connectivity index (χ0n) is 13.0. The third-order valence-electron chi connectivity index (χ3n) is 4.20. The number of rotatable bonds is 5. The van der Waals surface area contributed by atoms with E-state index < -0.39 is 0 Å². The van der Waals surface area contributed by atoms with Crippen molar-refractivity contribution in [3.05, 3.63) is 30.0 Å². The van der Waals surface area contributed by atoms with Crippen LogP contribution in [0, 0.1) is 0 Å². The largest absolute Gasteiger partial charge is 0.356 e. The van der Waals surface area contributed by atoms with Gasteiger partial charge in [0.15, 0.2) is 5.58 Å². The van der Waals surface area contributed by atoms with Crippen molar-refractivity contribution in [3.8, 4) is 0 Å². The van der Waals surface area contributed by atoms with Crippen LogP contribution in [0.2, 0.25) is 0 Å². The Bertz CT molecular complexity index is 689. The zero-order valence-corrected chi connectivity index (χ0v) is 13.0. The molecule has 1 fully saturated rings. The quantitative estimate of drug-likeness (QED) is 0.883. The monoisotopic (exact) mass is 315 g/mol. The molecule has 1 aliphatic rings. The van der Waals surface area contributed by atoms with Crippen LogP contribution >= 0.6 is 0 Å². The van der Waals surface area contributed by atoms with Crippen LogP contribution in [-0.2, 0) is 16.0 Å². The van der Waals surface area contributed by atoms with Crippen molar-refractivity contribution in [2.75, 3.05) is 6.54 Å². The maximum atomic E-state index is 12.0. The molecule has 1 heterocycles. The van der Waals surface area contributed by atoms with E-state index in [2.05, 4.69) is 15.8 Å². The molecule has 2 aromatic rings. The fourth-order valence-electron chi connectivity index (χ4n) is 2.98. The third-order valence-corrected chi connectivity index (χ3v) is 4.20. The van der Waals surface area contributed by atoms with Crippen LogP contribution in [0.15, 0.2) is 28.8 Å². The van der Waals surface area contributed by atoms with Gasteiger partial charge in [-0.2, -0.15) is 0 Å². The van der Waals surface area contributed by atoms with Gasteiger partial charge >= 0.3 is 0 Å². The molecule has 1 aromatic carbocycles. The molecule has 2 N–H and O–H groups in total. The molecule has 0 bridgehead atoms. The smallest absolute Gasteiger partial charge is 0.239 e. The summed E-state index contributed by atoms with van der Waals surface area (Å²) in [6.07, 6.45) is 5.74. The van der Waals surface area contributed by atoms with Crippen LogP contribution in [0.1, 0.15) is 37.8 Å². The Balaban J connectivity index is 1.46. The van der Waals surface area contributed by atoms with E-state index in [4.69, 9.17) is 4.52 Å². The molecule has 1 aromatic heterocycles. The van der Waals surface area contributed by atoms with E-state index in [1.807, 2.05) is 18.2 Å². The number of aromatic nitrogens is 1. The van der Waals surface area contributed by atoms with Crippen LogP contribution in [0.4, 0.5) is 0 Å². The third kappa shape index (κ3) is 4.09. The van der Waals surface area contributed by atoms with Gasteiger partial charge < -0.3 is 15.2 Å². The fraction of sp³-hybridized carbons (Fsp3) is 0.471. The molecule has 0 atom stereocenters. The van der Waals surface area contributed by atoms with Gasteiger partial charge in [-0.05, 0) is 25.0 Å². The minimum Gasteiger partial charge on any atom is -0.356 e. The number of hydrogen-bond donors (Lipinski definition) is 2. The first-order valence-corrected chi connectivity index (χ1v) is 8.12. The molecule has 0 saturated heterocycles. The van der Waals surface area contributed by atoms with Crippen molar-refractivity contribution in [1.82, 2.24) is 15.8 Å². The number of benzene rings is 1. The Morgan fingerprint density at radius 3 is 2.74 bits per heavy atom. The lowest BCUT2D eigenvalue weighted by atomic mass is 9.95. The highest BCUT2D eigenvalue weighted by Gasteiger charge is 2.17. The van der Waals surface area contributed by atoms with Crippen molar-refractivity contribution >= 4 is 22.8 Å². The SMILES string of the molecule is O=C(Cc1noc2ccccc12)NCC(=O)NC1CCCCC1. The minimum atomic E-state index is -0.233. The van der Waals surface area contributed by atoms with Gasteiger partial charge in [0.05, 0.1) is 13.0 Å². The number of fused-ring (bicyclic) bond motifs is 1. The van der Waals surface area contributed by atoms with Crippen LogP contribution in [-0.4, -0.2) is 29.6 Å². The Morgan fingerprint density at radius 1 is 1.13 bits per heavy atom. The van der Waals surface area contributed by atoms with Gasteiger partial charge in [-0.15, -0.1) is 0 Å². The molecule has 1 aliphatic carbocycles. The summed E-state index contributed by atoms with van der Waals surface area (Å²) >= 11 is 0. The number of carbonyl (C=O) groups excluding carboxylic acids is 2. The lowest BCUT2D eigenvalue weighted by Gasteiger charge is -2.22. The van der Waals surface area contributed by atoms with Gasteiger partial charge in [0.25, 0.3) is 0 Å². The summed E-state index contributed by atoms with van der Waals surface area (Å²) in [6.45, 7) is 0.00508. The number of nitrogens with one attached hydrogen (secondary N) is 2. The fourth-order valence-corrected chi connectivity index (χ4v) is 2.98. The molecule has 3 rings (SSSR count). The molecule has 6 nitrogen and oxygen atoms in total. The average molecular weight is 315 g/mol. The number of nitrogens with zero attached hydrogens (tertiary/aromatic N) is 1. The van der Waals surface area contributed by atoms with Crippen LogP contribution in [0.3, 0.4) is 0 Å². The Hall–Kier alpha value is -2.37. The van der Waals surface area contributed by atoms with Gasteiger partial charge in [0, 0.05) is 11.4 Å². The van der Waals surface area contributed by atoms with Crippen LogP contribution in [0.25, 0.3) is 11.0 Å². The Morgan fingerprint density at radius 2 is 1.91 bits per heavy atom. The van der Waals surface area contributed by atoms with Crippen LogP contribution in [0.5, 0.6) is 0 Å². The molecular formula is C17H21N3O3. The van der Waals surface area contributed by atoms with Crippen molar-refractivity contribution < 1.29 is 14.1 Å². The van der Waals surface area contributed by atoms with Gasteiger partial charge in [-0.25, -0.2) is 0 Å². The average Bonchev–Trinajstić information content (AvgIpc) is 2.97. The number of hydrogen-bond acceptors (Lipinski definition) is 4. The van der Waals surface area contributed by atoms with E-state index in [1.165, 1.54) is 6.42 Å². The van der Waals surface area contributed by atoms with E-state index >= 15 is 0 Å². The lowest BCUT2D eigenvalue weighted by Crippen LogP contribution is -2.43. The van der Waals surface area contributed by atoms with E-state index in [-0.39, 0.29) is 30.8 Å². The maximum absolute atomic E-state index is 12.0. The van der Waals surface area contributed by atoms with Crippen molar-refractivity contribution in [1.29, 1.82) is 0 Å². The predicted molar refractivity (Wildman–Crippen MR) is 85.7 cm³/mol. The van der Waals surface area contributed by atoms with Gasteiger partial charge in [-0.3, -0.25) is 9.59 Å². The second-order valence-corrected chi connectivity index (χ2v) is 5.98. The van der Waals surface area contributed by atoms with Gasteiger partial charge in [-0.1, -0.05) is 36.6 Å². The zero-order chi connectivity index (χ0) is 16.1. The Kier molecular flexibility index (Phi) is 4.90. The molecule has 23 heavy (non-hydrogen) atoms. The van der Waals surface area contributed by atoms with Gasteiger partial charge in [0.1, 0.15) is 5.69 Å². The molecular weight excluding hydrogens is 294 g/mol. The minimum absolute atomic E-state index is 0.00508. The summed E-state index contributed by atoms with van der Waals surface area (Å²) in [4.78, 5) is 23.8. The second kappa shape index (κ2) is 7.26. The summed E-state index contributed by atoms with van der Waals surface area (Å²) in [6, 6.07) is 7.66. The normalized spacial score (nSPS) is 15.5. The molecule has 6 heteroatoms. The summed E-state index contributed by atoms with van der Waals surface area (Å²) in [5.74, 6) is -0.363. The number of para-hydroxylation sites is 1. The molecule has 1 saturated carbocycles. The lowest BCUT2D eigenvalue weighted by molar-refractivity contribution is -0.126. The first-order valence-electron chi connectivity index (χ1n) is 8.12. The molecule has 122 valence electrons. The number of carbonyl (C=O) groups is 2. The topological polar surface area (TPSA) is 84.2 Å². The highest BCUT2D eigenvalue weighted by Crippen LogP contribution is 2.18. The predicted octanol–water partition coefficient (Wildman–Crippen LogP) is 1.94. The molecule has 0 unspecified atom stereocenters. The van der Waals surface area contributed by atoms with E-state index in [1.54, 1.807) is 6.07 Å². The van der Waals surface area contributed by atoms with E-state index in [9.17, 15) is 9.59 Å². The highest BCUT2D eigenvalue weighted by atomic mass is 16.5. The van der Waals surface area contributed by atoms with Crippen molar-refractivity contribution in [2.45, 2.75) is 44.6 Å². The second-order valence-electron chi connectivity index (χ2n) is 5.98. The summed E-state index contributed by atoms with van der Waals surface area (Å²) in [7, 11) is 0. The first-order chi connectivity index (χ1) is 11.2. The molecule has 0 radical (unpaired) electrons. The standard InChI is InChI=1S/C17H21N3O3/c21-16(10-14-13-8-4-5-9-15(13)23-20-14)18-11-17(22)19-12-6-2-1-3-7-12/h4-5,8-9,12H,1-3,6-7,10-11H2,(H,18,21)(H,19,22). The molecule has 0 aliphatic heterocycles. The van der Waals surface area contributed by atoms with Crippen molar-refractivity contribution in [3.63, 3.8) is 0 Å². The van der Waals surface area contributed by atoms with Gasteiger partial charge in [0.2, 0.25) is 11.8 Å². The number of amides is 2. The summed E-state index contributed by atoms with van der Waals surface area (Å²) < 4.78 is 5.17. The van der Waals surface area contributed by atoms with E-state index in [0.717, 1.165) is 31.1 Å². The van der Waals surface area contributed by atoms with Crippen molar-refractivity contribution in [2.24, 2.45) is 0 Å². The van der Waals surface area contributed by atoms with Crippen LogP contribution < -0.4 is 10.6 Å². The molecule has 2 amide bonds. The molecule has 0 spiro atoms.